The molecule has 4 nitrogen and oxygen atoms in total. The largest absolute Gasteiger partial charge is 0.459 e. The van der Waals surface area contributed by atoms with Crippen LogP contribution in [0.3, 0.4) is 0 Å². The average molecular weight is 833 g/mol. The van der Waals surface area contributed by atoms with E-state index in [4.69, 9.17) is 9.47 Å². The Morgan fingerprint density at radius 3 is 1.83 bits per heavy atom. The second-order valence-corrected chi connectivity index (χ2v) is 17.1. The first-order chi connectivity index (χ1) is 32.3. The van der Waals surface area contributed by atoms with E-state index >= 15 is 0 Å². The lowest BCUT2D eigenvalue weighted by atomic mass is 9.31. The van der Waals surface area contributed by atoms with Crippen molar-refractivity contribution in [2.75, 3.05) is 9.80 Å². The molecule has 306 valence electrons. The predicted molar refractivity (Wildman–Crippen MR) is 269 cm³/mol. The van der Waals surface area contributed by atoms with E-state index in [9.17, 15) is 0 Å². The summed E-state index contributed by atoms with van der Waals surface area (Å²) in [6.07, 6.45) is 11.5. The summed E-state index contributed by atoms with van der Waals surface area (Å²) in [5.41, 5.74) is 12.4. The third-order valence-electron chi connectivity index (χ3n) is 13.5. The maximum absolute atomic E-state index is 7.15. The molecule has 9 aromatic carbocycles. The first-order valence-electron chi connectivity index (χ1n) is 22.5. The fourth-order valence-corrected chi connectivity index (χ4v) is 10.8. The van der Waals surface area contributed by atoms with Gasteiger partial charge < -0.3 is 19.3 Å². The van der Waals surface area contributed by atoms with Crippen LogP contribution in [0.1, 0.15) is 0 Å². The zero-order valence-electron chi connectivity index (χ0n) is 35.5. The third kappa shape index (κ3) is 6.07. The van der Waals surface area contributed by atoms with Gasteiger partial charge in [0.1, 0.15) is 23.0 Å². The van der Waals surface area contributed by atoms with Gasteiger partial charge in [-0.25, -0.2) is 0 Å². The number of hydrogen-bond donors (Lipinski definition) is 0. The molecule has 0 bridgehead atoms. The Labute approximate surface area is 379 Å². The molecule has 2 unspecified atom stereocenters. The summed E-state index contributed by atoms with van der Waals surface area (Å²) in [4.78, 5) is 4.83. The molecule has 2 atom stereocenters. The smallest absolute Gasteiger partial charge is 0.257 e. The van der Waals surface area contributed by atoms with E-state index < -0.39 is 0 Å². The van der Waals surface area contributed by atoms with E-state index in [2.05, 4.69) is 246 Å². The van der Waals surface area contributed by atoms with Gasteiger partial charge in [0.05, 0.1) is 11.4 Å². The van der Waals surface area contributed by atoms with Crippen LogP contribution in [-0.4, -0.2) is 6.71 Å². The Hall–Kier alpha value is -8.28. The molecular weight excluding hydrogens is 791 g/mol. The quantitative estimate of drug-likeness (QED) is 0.149. The van der Waals surface area contributed by atoms with Crippen molar-refractivity contribution in [3.05, 3.63) is 254 Å². The number of ether oxygens (including phenoxy) is 2. The number of benzene rings is 9. The van der Waals surface area contributed by atoms with Crippen molar-refractivity contribution >= 4 is 67.6 Å². The highest BCUT2D eigenvalue weighted by molar-refractivity contribution is 6.95. The van der Waals surface area contributed by atoms with Crippen LogP contribution in [0.25, 0.3) is 32.7 Å². The number of hydrogen-bond acceptors (Lipinski definition) is 4. The van der Waals surface area contributed by atoms with Crippen molar-refractivity contribution in [3.8, 4) is 28.4 Å². The van der Waals surface area contributed by atoms with Crippen molar-refractivity contribution in [1.82, 2.24) is 0 Å². The van der Waals surface area contributed by atoms with E-state index in [1.54, 1.807) is 0 Å². The minimum absolute atomic E-state index is 0.0100. The van der Waals surface area contributed by atoms with Gasteiger partial charge in [0.15, 0.2) is 0 Å². The molecule has 65 heavy (non-hydrogen) atoms. The summed E-state index contributed by atoms with van der Waals surface area (Å²) in [5.74, 6) is 3.44. The summed E-state index contributed by atoms with van der Waals surface area (Å²) < 4.78 is 14.3. The molecule has 0 N–H and O–H groups in total. The van der Waals surface area contributed by atoms with Gasteiger partial charge in [-0.05, 0) is 87.3 Å². The van der Waals surface area contributed by atoms with Crippen LogP contribution in [0, 0.1) is 11.8 Å². The average Bonchev–Trinajstić information content (AvgIpc) is 3.37. The molecule has 0 spiro atoms. The Bertz CT molecular complexity index is 3470. The fraction of sp³-hybridized carbons (Fsp3) is 0.0333. The van der Waals surface area contributed by atoms with Gasteiger partial charge in [0, 0.05) is 63.1 Å². The summed E-state index contributed by atoms with van der Waals surface area (Å²) in [5, 5.41) is 4.72. The molecule has 0 aromatic heterocycles. The zero-order valence-corrected chi connectivity index (χ0v) is 35.5. The second kappa shape index (κ2) is 15.2. The summed E-state index contributed by atoms with van der Waals surface area (Å²) in [6, 6.07) is 73.6. The van der Waals surface area contributed by atoms with E-state index in [0.717, 1.165) is 84.3 Å². The van der Waals surface area contributed by atoms with Gasteiger partial charge in [-0.15, -0.1) is 0 Å². The summed E-state index contributed by atoms with van der Waals surface area (Å²) in [6.45, 7) is -0.123. The third-order valence-corrected chi connectivity index (χ3v) is 13.5. The molecule has 0 fully saturated rings. The number of para-hydroxylation sites is 3. The minimum atomic E-state index is -0.123. The summed E-state index contributed by atoms with van der Waals surface area (Å²) >= 11 is 0. The summed E-state index contributed by atoms with van der Waals surface area (Å²) in [7, 11) is 0. The zero-order chi connectivity index (χ0) is 42.8. The van der Waals surface area contributed by atoms with Gasteiger partial charge >= 0.3 is 0 Å². The highest BCUT2D eigenvalue weighted by Crippen LogP contribution is 2.51. The standard InChI is InChI=1S/C60H41BN2O2/c1-4-20-41(21-5-1)46-27-16-17-32-51(46)63(44-25-8-3-9-26-44)53-39-57-59(50-31-15-13-29-48(50)53)61-58-49-30-14-12-28-47(49)52(38-56(58)64-54-33-18-34-55(65-57)60(54)61)62(43-23-6-2-7-24-43)45-36-35-40-19-10-11-22-42(40)37-45/h1-39,47,49H. The molecule has 4 aliphatic rings. The molecule has 2 aliphatic heterocycles. The highest BCUT2D eigenvalue weighted by atomic mass is 16.5. The van der Waals surface area contributed by atoms with Crippen LogP contribution in [0.15, 0.2) is 254 Å². The molecule has 5 heteroatoms. The number of fused-ring (bicyclic) bond motifs is 8. The molecule has 0 saturated heterocycles. The fourth-order valence-electron chi connectivity index (χ4n) is 10.8. The van der Waals surface area contributed by atoms with Gasteiger partial charge in [0.25, 0.3) is 6.71 Å². The first kappa shape index (κ1) is 37.3. The molecule has 13 rings (SSSR count). The molecular formula is C60H41BN2O2. The number of nitrogens with zero attached hydrogens (tertiary/aromatic N) is 2. The lowest BCUT2D eigenvalue weighted by molar-refractivity contribution is 0.411. The molecule has 0 radical (unpaired) electrons. The monoisotopic (exact) mass is 832 g/mol. The van der Waals surface area contributed by atoms with Crippen LogP contribution in [0.4, 0.5) is 28.4 Å². The number of allylic oxidation sites excluding steroid dienone is 6. The van der Waals surface area contributed by atoms with Crippen LogP contribution in [0.5, 0.6) is 17.2 Å². The topological polar surface area (TPSA) is 24.9 Å². The van der Waals surface area contributed by atoms with E-state index in [1.165, 1.54) is 21.9 Å². The van der Waals surface area contributed by atoms with Gasteiger partial charge in [-0.1, -0.05) is 170 Å². The lowest BCUT2D eigenvalue weighted by Gasteiger charge is -2.44. The van der Waals surface area contributed by atoms with Crippen LogP contribution in [0.2, 0.25) is 0 Å². The van der Waals surface area contributed by atoms with E-state index in [0.29, 0.717) is 0 Å². The molecule has 9 aromatic rings. The van der Waals surface area contributed by atoms with Crippen molar-refractivity contribution in [3.63, 3.8) is 0 Å². The maximum Gasteiger partial charge on any atom is 0.257 e. The van der Waals surface area contributed by atoms with Crippen molar-refractivity contribution in [2.45, 2.75) is 0 Å². The van der Waals surface area contributed by atoms with Crippen molar-refractivity contribution in [2.24, 2.45) is 11.8 Å². The van der Waals surface area contributed by atoms with Crippen LogP contribution >= 0.6 is 0 Å². The minimum Gasteiger partial charge on any atom is -0.459 e. The maximum atomic E-state index is 7.15. The van der Waals surface area contributed by atoms with Crippen LogP contribution in [-0.2, 0) is 0 Å². The molecule has 0 saturated carbocycles. The Morgan fingerprint density at radius 2 is 1.05 bits per heavy atom. The van der Waals surface area contributed by atoms with Crippen molar-refractivity contribution < 1.29 is 9.47 Å². The molecule has 2 aliphatic carbocycles. The van der Waals surface area contributed by atoms with E-state index in [-0.39, 0.29) is 18.5 Å². The van der Waals surface area contributed by atoms with Gasteiger partial charge in [-0.3, -0.25) is 0 Å². The number of anilines is 5. The normalized spacial score (nSPS) is 16.4. The first-order valence-corrected chi connectivity index (χ1v) is 22.5. The Balaban J connectivity index is 1.04. The van der Waals surface area contributed by atoms with Gasteiger partial charge in [0.2, 0.25) is 0 Å². The van der Waals surface area contributed by atoms with Gasteiger partial charge in [-0.2, -0.15) is 0 Å². The SMILES string of the molecule is C1=CC2C(N(c3ccccc3)c3ccc4ccccc4c3)=CC3=C(B4c5c(cccc5Oc5cc(N(c6ccccc6)c6ccccc6-c6ccccc6)c6ccccc6c54)O3)C2C=C1. The molecule has 2 heterocycles. The Kier molecular flexibility index (Phi) is 8.73. The van der Waals surface area contributed by atoms with Crippen LogP contribution < -0.4 is 30.2 Å². The number of rotatable bonds is 7. The highest BCUT2D eigenvalue weighted by Gasteiger charge is 2.48. The second-order valence-electron chi connectivity index (χ2n) is 17.1. The lowest BCUT2D eigenvalue weighted by Crippen LogP contribution is -2.54. The predicted octanol–water partition coefficient (Wildman–Crippen LogP) is 14.1. The van der Waals surface area contributed by atoms with Crippen molar-refractivity contribution in [1.29, 1.82) is 0 Å². The Morgan fingerprint density at radius 1 is 0.415 bits per heavy atom. The molecule has 0 amide bonds. The van der Waals surface area contributed by atoms with E-state index in [1.807, 2.05) is 0 Å².